The van der Waals surface area contributed by atoms with Crippen LogP contribution in [-0.2, 0) is 15.1 Å². The standard InChI is InChI=1S/C15H23NO3/c1-4-13(11-19-3)16-14(17)10-15(2,18)12-8-6-5-7-9-12/h5-9,13,18H,4,10-11H2,1-3H3,(H,16,17). The van der Waals surface area contributed by atoms with E-state index in [2.05, 4.69) is 5.32 Å². The minimum absolute atomic E-state index is 0.0101. The summed E-state index contributed by atoms with van der Waals surface area (Å²) in [5, 5.41) is 13.2. The molecule has 1 aromatic rings. The normalized spacial score (nSPS) is 15.6. The first-order valence-corrected chi connectivity index (χ1v) is 6.55. The molecule has 0 saturated heterocycles. The fourth-order valence-electron chi connectivity index (χ4n) is 1.95. The van der Waals surface area contributed by atoms with Gasteiger partial charge < -0.3 is 15.2 Å². The summed E-state index contributed by atoms with van der Waals surface area (Å²) in [7, 11) is 1.61. The van der Waals surface area contributed by atoms with Gasteiger partial charge in [-0.3, -0.25) is 4.79 Å². The van der Waals surface area contributed by atoms with Crippen LogP contribution < -0.4 is 5.32 Å². The largest absolute Gasteiger partial charge is 0.385 e. The molecule has 0 heterocycles. The molecule has 0 aliphatic carbocycles. The number of benzene rings is 1. The second-order valence-corrected chi connectivity index (χ2v) is 4.94. The molecule has 0 aliphatic rings. The highest BCUT2D eigenvalue weighted by Crippen LogP contribution is 2.23. The molecule has 106 valence electrons. The van der Waals surface area contributed by atoms with Crippen molar-refractivity contribution < 1.29 is 14.6 Å². The third-order valence-electron chi connectivity index (χ3n) is 3.13. The van der Waals surface area contributed by atoms with Gasteiger partial charge in [0.15, 0.2) is 0 Å². The van der Waals surface area contributed by atoms with Gasteiger partial charge in [0.2, 0.25) is 5.91 Å². The average Bonchev–Trinajstić information content (AvgIpc) is 2.38. The van der Waals surface area contributed by atoms with E-state index in [1.54, 1.807) is 14.0 Å². The average molecular weight is 265 g/mol. The zero-order valence-electron chi connectivity index (χ0n) is 11.8. The number of hydrogen-bond donors (Lipinski definition) is 2. The van der Waals surface area contributed by atoms with Crippen LogP contribution >= 0.6 is 0 Å². The molecule has 4 heteroatoms. The second kappa shape index (κ2) is 7.26. The Bertz CT molecular complexity index is 390. The van der Waals surface area contributed by atoms with Crippen molar-refractivity contribution in [2.45, 2.75) is 38.3 Å². The predicted molar refractivity (Wildman–Crippen MR) is 74.7 cm³/mol. The van der Waals surface area contributed by atoms with Crippen LogP contribution in [0.4, 0.5) is 0 Å². The SMILES string of the molecule is CCC(COC)NC(=O)CC(C)(O)c1ccccc1. The maximum absolute atomic E-state index is 11.9. The molecule has 1 amide bonds. The van der Waals surface area contributed by atoms with Gasteiger partial charge in [-0.1, -0.05) is 37.3 Å². The van der Waals surface area contributed by atoms with E-state index in [4.69, 9.17) is 4.74 Å². The van der Waals surface area contributed by atoms with Crippen molar-refractivity contribution >= 4 is 5.91 Å². The van der Waals surface area contributed by atoms with Crippen LogP contribution in [-0.4, -0.2) is 30.8 Å². The van der Waals surface area contributed by atoms with E-state index in [0.29, 0.717) is 6.61 Å². The van der Waals surface area contributed by atoms with E-state index in [1.807, 2.05) is 37.3 Å². The number of aliphatic hydroxyl groups is 1. The van der Waals surface area contributed by atoms with Gasteiger partial charge in [0.05, 0.1) is 24.7 Å². The van der Waals surface area contributed by atoms with E-state index in [-0.39, 0.29) is 18.4 Å². The van der Waals surface area contributed by atoms with Crippen molar-refractivity contribution in [3.05, 3.63) is 35.9 Å². The Labute approximate surface area is 114 Å². The molecular formula is C15H23NO3. The van der Waals surface area contributed by atoms with Gasteiger partial charge in [-0.15, -0.1) is 0 Å². The van der Waals surface area contributed by atoms with Gasteiger partial charge >= 0.3 is 0 Å². The van der Waals surface area contributed by atoms with E-state index in [1.165, 1.54) is 0 Å². The van der Waals surface area contributed by atoms with Crippen molar-refractivity contribution in [3.63, 3.8) is 0 Å². The molecule has 0 saturated carbocycles. The van der Waals surface area contributed by atoms with Crippen molar-refractivity contribution in [3.8, 4) is 0 Å². The topological polar surface area (TPSA) is 58.6 Å². The molecular weight excluding hydrogens is 242 g/mol. The molecule has 2 atom stereocenters. The monoisotopic (exact) mass is 265 g/mol. The van der Waals surface area contributed by atoms with Crippen LogP contribution in [0.5, 0.6) is 0 Å². The summed E-state index contributed by atoms with van der Waals surface area (Å²) < 4.78 is 5.03. The van der Waals surface area contributed by atoms with Crippen molar-refractivity contribution in [1.29, 1.82) is 0 Å². The zero-order chi connectivity index (χ0) is 14.3. The number of carbonyl (C=O) groups excluding carboxylic acids is 1. The van der Waals surface area contributed by atoms with Crippen LogP contribution in [0.3, 0.4) is 0 Å². The number of rotatable bonds is 7. The molecule has 0 radical (unpaired) electrons. The number of carbonyl (C=O) groups is 1. The Morgan fingerprint density at radius 3 is 2.58 bits per heavy atom. The summed E-state index contributed by atoms with van der Waals surface area (Å²) in [5.74, 6) is -0.169. The molecule has 0 fully saturated rings. The van der Waals surface area contributed by atoms with Crippen molar-refractivity contribution in [1.82, 2.24) is 5.32 Å². The summed E-state index contributed by atoms with van der Waals surface area (Å²) in [4.78, 5) is 11.9. The fraction of sp³-hybridized carbons (Fsp3) is 0.533. The van der Waals surface area contributed by atoms with Crippen LogP contribution in [0, 0.1) is 0 Å². The molecule has 1 rings (SSSR count). The molecule has 4 nitrogen and oxygen atoms in total. The van der Waals surface area contributed by atoms with Gasteiger partial charge in [0.1, 0.15) is 0 Å². The quantitative estimate of drug-likeness (QED) is 0.790. The van der Waals surface area contributed by atoms with E-state index < -0.39 is 5.60 Å². The summed E-state index contributed by atoms with van der Waals surface area (Å²) >= 11 is 0. The Morgan fingerprint density at radius 1 is 1.42 bits per heavy atom. The summed E-state index contributed by atoms with van der Waals surface area (Å²) in [6.07, 6.45) is 0.838. The lowest BCUT2D eigenvalue weighted by molar-refractivity contribution is -0.127. The Balaban J connectivity index is 2.60. The number of ether oxygens (including phenoxy) is 1. The minimum atomic E-state index is -1.16. The van der Waals surface area contributed by atoms with Crippen LogP contribution in [0.15, 0.2) is 30.3 Å². The van der Waals surface area contributed by atoms with Gasteiger partial charge in [-0.2, -0.15) is 0 Å². The second-order valence-electron chi connectivity index (χ2n) is 4.94. The highest BCUT2D eigenvalue weighted by Gasteiger charge is 2.27. The summed E-state index contributed by atoms with van der Waals surface area (Å²) in [6.45, 7) is 4.12. The number of nitrogens with one attached hydrogen (secondary N) is 1. The predicted octanol–water partition coefficient (Wildman–Crippen LogP) is 1.83. The Kier molecular flexibility index (Phi) is 5.99. The number of hydrogen-bond acceptors (Lipinski definition) is 3. The van der Waals surface area contributed by atoms with Gasteiger partial charge in [-0.25, -0.2) is 0 Å². The zero-order valence-corrected chi connectivity index (χ0v) is 11.8. The van der Waals surface area contributed by atoms with Crippen LogP contribution in [0.25, 0.3) is 0 Å². The van der Waals surface area contributed by atoms with Crippen molar-refractivity contribution in [2.75, 3.05) is 13.7 Å². The molecule has 1 aromatic carbocycles. The smallest absolute Gasteiger partial charge is 0.223 e. The van der Waals surface area contributed by atoms with E-state index in [0.717, 1.165) is 12.0 Å². The van der Waals surface area contributed by atoms with Gasteiger partial charge in [0.25, 0.3) is 0 Å². The molecule has 2 unspecified atom stereocenters. The highest BCUT2D eigenvalue weighted by molar-refractivity contribution is 5.77. The van der Waals surface area contributed by atoms with Crippen LogP contribution in [0.1, 0.15) is 32.3 Å². The first kappa shape index (κ1) is 15.7. The maximum Gasteiger partial charge on any atom is 0.223 e. The van der Waals surface area contributed by atoms with Gasteiger partial charge in [0, 0.05) is 7.11 Å². The molecule has 2 N–H and O–H groups in total. The lowest BCUT2D eigenvalue weighted by atomic mass is 9.92. The minimum Gasteiger partial charge on any atom is -0.385 e. The lowest BCUT2D eigenvalue weighted by Crippen LogP contribution is -2.40. The molecule has 0 aromatic heterocycles. The lowest BCUT2D eigenvalue weighted by Gasteiger charge is -2.25. The summed E-state index contributed by atoms with van der Waals surface area (Å²) in [6, 6.07) is 9.21. The molecule has 0 bridgehead atoms. The molecule has 19 heavy (non-hydrogen) atoms. The van der Waals surface area contributed by atoms with Crippen LogP contribution in [0.2, 0.25) is 0 Å². The summed E-state index contributed by atoms with van der Waals surface area (Å²) in [5.41, 5.74) is -0.415. The fourth-order valence-corrected chi connectivity index (χ4v) is 1.95. The van der Waals surface area contributed by atoms with Gasteiger partial charge in [-0.05, 0) is 18.9 Å². The Hall–Kier alpha value is -1.39. The van der Waals surface area contributed by atoms with Crippen molar-refractivity contribution in [2.24, 2.45) is 0 Å². The first-order valence-electron chi connectivity index (χ1n) is 6.55. The number of amides is 1. The third kappa shape index (κ3) is 5.01. The maximum atomic E-state index is 11.9. The molecule has 0 spiro atoms. The third-order valence-corrected chi connectivity index (χ3v) is 3.13. The van der Waals surface area contributed by atoms with E-state index >= 15 is 0 Å². The van der Waals surface area contributed by atoms with E-state index in [9.17, 15) is 9.90 Å². The Morgan fingerprint density at radius 2 is 2.05 bits per heavy atom. The highest BCUT2D eigenvalue weighted by atomic mass is 16.5. The first-order chi connectivity index (χ1) is 8.99. The molecule has 0 aliphatic heterocycles. The number of methoxy groups -OCH3 is 1.